The Labute approximate surface area is 60.8 Å². The van der Waals surface area contributed by atoms with Gasteiger partial charge in [-0.2, -0.15) is 18.3 Å². The zero-order chi connectivity index (χ0) is 9.07. The number of aliphatic imine (C=N–C) groups is 1. The van der Waals surface area contributed by atoms with Crippen LogP contribution in [0.15, 0.2) is 17.8 Å². The molecule has 6 heteroatoms. The third-order valence-electron chi connectivity index (χ3n) is 0.759. The smallest absolute Gasteiger partial charge is 0.233 e. The molecule has 0 unspecified atom stereocenters. The molecule has 0 rings (SSSR count). The first kappa shape index (κ1) is 9.93. The molecule has 0 spiro atoms. The fourth-order valence-electron chi connectivity index (χ4n) is 0.414. The number of halogens is 4. The van der Waals surface area contributed by atoms with Crippen molar-refractivity contribution in [1.29, 1.82) is 0 Å². The molecule has 0 aliphatic rings. The maximum absolute atomic E-state index is 12.0. The van der Waals surface area contributed by atoms with Gasteiger partial charge in [0.25, 0.3) is 0 Å². The summed E-state index contributed by atoms with van der Waals surface area (Å²) >= 11 is 0. The Morgan fingerprint density at radius 1 is 1.55 bits per heavy atom. The molecular weight excluding hydrogens is 164 g/mol. The summed E-state index contributed by atoms with van der Waals surface area (Å²) in [6, 6.07) is 0. The number of amidine groups is 1. The molecule has 0 heterocycles. The van der Waals surface area contributed by atoms with E-state index in [1.54, 1.807) is 0 Å². The van der Waals surface area contributed by atoms with Gasteiger partial charge in [0.15, 0.2) is 0 Å². The SMILES string of the molecule is C=C/N=C(\N(C)F)C(F)(F)F. The summed E-state index contributed by atoms with van der Waals surface area (Å²) in [6.45, 7) is 2.92. The molecule has 0 aliphatic heterocycles. The molecule has 64 valence electrons. The largest absolute Gasteiger partial charge is 0.451 e. The Hall–Kier alpha value is -1.07. The van der Waals surface area contributed by atoms with E-state index in [4.69, 9.17) is 0 Å². The van der Waals surface area contributed by atoms with E-state index in [9.17, 15) is 17.7 Å². The van der Waals surface area contributed by atoms with Crippen LogP contribution in [0.2, 0.25) is 0 Å². The zero-order valence-electron chi connectivity index (χ0n) is 5.69. The van der Waals surface area contributed by atoms with Crippen molar-refractivity contribution in [1.82, 2.24) is 5.12 Å². The molecule has 0 amide bonds. The van der Waals surface area contributed by atoms with Gasteiger partial charge in [0.2, 0.25) is 5.84 Å². The third kappa shape index (κ3) is 3.01. The second kappa shape index (κ2) is 3.36. The van der Waals surface area contributed by atoms with Crippen molar-refractivity contribution in [2.24, 2.45) is 4.99 Å². The lowest BCUT2D eigenvalue weighted by atomic mass is 10.5. The highest BCUT2D eigenvalue weighted by Gasteiger charge is 2.38. The first-order chi connectivity index (χ1) is 4.89. The van der Waals surface area contributed by atoms with Crippen LogP contribution >= 0.6 is 0 Å². The molecule has 0 N–H and O–H groups in total. The molecule has 2 nitrogen and oxygen atoms in total. The van der Waals surface area contributed by atoms with Gasteiger partial charge in [-0.15, -0.1) is 0 Å². The predicted octanol–water partition coefficient (Wildman–Crippen LogP) is 1.91. The van der Waals surface area contributed by atoms with Crippen molar-refractivity contribution in [2.45, 2.75) is 6.18 Å². The van der Waals surface area contributed by atoms with Gasteiger partial charge >= 0.3 is 6.18 Å². The van der Waals surface area contributed by atoms with Crippen LogP contribution in [-0.2, 0) is 0 Å². The van der Waals surface area contributed by atoms with Crippen molar-refractivity contribution in [2.75, 3.05) is 7.05 Å². The molecule has 0 aromatic heterocycles. The fraction of sp³-hybridized carbons (Fsp3) is 0.400. The van der Waals surface area contributed by atoms with Crippen molar-refractivity contribution in [3.8, 4) is 0 Å². The van der Waals surface area contributed by atoms with Crippen LogP contribution in [0.25, 0.3) is 0 Å². The lowest BCUT2D eigenvalue weighted by molar-refractivity contribution is -0.0787. The minimum atomic E-state index is -4.78. The highest BCUT2D eigenvalue weighted by atomic mass is 19.4. The molecule has 0 fully saturated rings. The van der Waals surface area contributed by atoms with Crippen molar-refractivity contribution in [3.05, 3.63) is 12.8 Å². The Morgan fingerprint density at radius 3 is 2.09 bits per heavy atom. The number of hydrogen-bond donors (Lipinski definition) is 0. The van der Waals surface area contributed by atoms with Crippen molar-refractivity contribution in [3.63, 3.8) is 0 Å². The molecule has 11 heavy (non-hydrogen) atoms. The van der Waals surface area contributed by atoms with Crippen LogP contribution in [0.1, 0.15) is 0 Å². The number of hydrogen-bond acceptors (Lipinski definition) is 1. The normalized spacial score (nSPS) is 13.0. The number of rotatable bonds is 1. The highest BCUT2D eigenvalue weighted by Crippen LogP contribution is 2.19. The molecule has 0 saturated carbocycles. The highest BCUT2D eigenvalue weighted by molar-refractivity contribution is 5.86. The van der Waals surface area contributed by atoms with E-state index in [2.05, 4.69) is 11.6 Å². The molecule has 0 atom stereocenters. The molecule has 0 aromatic carbocycles. The van der Waals surface area contributed by atoms with E-state index in [0.29, 0.717) is 13.2 Å². The monoisotopic (exact) mass is 170 g/mol. The van der Waals surface area contributed by atoms with Crippen molar-refractivity contribution < 1.29 is 17.7 Å². The Balaban J connectivity index is 4.62. The van der Waals surface area contributed by atoms with Crippen LogP contribution in [-0.4, -0.2) is 24.2 Å². The number of nitrogens with zero attached hydrogens (tertiary/aromatic N) is 2. The minimum Gasteiger partial charge on any atom is -0.233 e. The predicted molar refractivity (Wildman–Crippen MR) is 32.6 cm³/mol. The fourth-order valence-corrected chi connectivity index (χ4v) is 0.414. The van der Waals surface area contributed by atoms with Gasteiger partial charge < -0.3 is 0 Å². The lowest BCUT2D eigenvalue weighted by Crippen LogP contribution is -2.33. The van der Waals surface area contributed by atoms with Gasteiger partial charge in [0, 0.05) is 13.2 Å². The van der Waals surface area contributed by atoms with Gasteiger partial charge in [-0.25, -0.2) is 4.99 Å². The van der Waals surface area contributed by atoms with Gasteiger partial charge in [-0.3, -0.25) is 0 Å². The molecule has 0 bridgehead atoms. The standard InChI is InChI=1S/C5H6F4N2/c1-3-10-4(11(2)9)5(6,7)8/h3H,1H2,2H3/b10-4-. The van der Waals surface area contributed by atoms with Crippen LogP contribution in [0.4, 0.5) is 17.7 Å². The summed E-state index contributed by atoms with van der Waals surface area (Å²) in [6.07, 6.45) is -4.16. The van der Waals surface area contributed by atoms with Gasteiger partial charge in [-0.1, -0.05) is 11.1 Å². The Kier molecular flexibility index (Phi) is 3.03. The second-order valence-electron chi connectivity index (χ2n) is 1.61. The first-order valence-electron chi connectivity index (χ1n) is 2.55. The average Bonchev–Trinajstić information content (AvgIpc) is 1.79. The van der Waals surface area contributed by atoms with Gasteiger partial charge in [-0.05, 0) is 0 Å². The molecule has 0 saturated heterocycles. The second-order valence-corrected chi connectivity index (χ2v) is 1.61. The summed E-state index contributed by atoms with van der Waals surface area (Å²) in [5.41, 5.74) is 0. The minimum absolute atomic E-state index is 0.607. The summed E-state index contributed by atoms with van der Waals surface area (Å²) in [7, 11) is 0.607. The maximum Gasteiger partial charge on any atom is 0.451 e. The van der Waals surface area contributed by atoms with E-state index in [1.807, 2.05) is 0 Å². The molecular formula is C5H6F4N2. The van der Waals surface area contributed by atoms with Crippen LogP contribution < -0.4 is 0 Å². The van der Waals surface area contributed by atoms with Crippen molar-refractivity contribution >= 4 is 5.84 Å². The summed E-state index contributed by atoms with van der Waals surface area (Å²) in [5, 5.41) is -0.609. The van der Waals surface area contributed by atoms with Crippen LogP contribution in [0.5, 0.6) is 0 Å². The van der Waals surface area contributed by atoms with E-state index < -0.39 is 17.1 Å². The topological polar surface area (TPSA) is 15.6 Å². The molecule has 0 radical (unpaired) electrons. The summed E-state index contributed by atoms with van der Waals surface area (Å²) in [5.74, 6) is -1.62. The third-order valence-corrected chi connectivity index (χ3v) is 0.759. The Morgan fingerprint density at radius 2 is 2.00 bits per heavy atom. The first-order valence-corrected chi connectivity index (χ1v) is 2.55. The van der Waals surface area contributed by atoms with Crippen LogP contribution in [0, 0.1) is 0 Å². The van der Waals surface area contributed by atoms with Gasteiger partial charge in [0.05, 0.1) is 0 Å². The average molecular weight is 170 g/mol. The van der Waals surface area contributed by atoms with Crippen LogP contribution in [0.3, 0.4) is 0 Å². The van der Waals surface area contributed by atoms with E-state index in [1.165, 1.54) is 0 Å². The summed E-state index contributed by atoms with van der Waals surface area (Å²) < 4.78 is 47.1. The maximum atomic E-state index is 12.0. The van der Waals surface area contributed by atoms with E-state index >= 15 is 0 Å². The number of alkyl halides is 3. The van der Waals surface area contributed by atoms with Gasteiger partial charge in [0.1, 0.15) is 0 Å². The van der Waals surface area contributed by atoms with E-state index in [0.717, 1.165) is 0 Å². The molecule has 0 aromatic rings. The van der Waals surface area contributed by atoms with E-state index in [-0.39, 0.29) is 0 Å². The lowest BCUT2D eigenvalue weighted by Gasteiger charge is -2.12. The quantitative estimate of drug-likeness (QED) is 0.254. The zero-order valence-corrected chi connectivity index (χ0v) is 5.69. The summed E-state index contributed by atoms with van der Waals surface area (Å²) in [4.78, 5) is 2.70. The molecule has 0 aliphatic carbocycles. The Bertz CT molecular complexity index is 170.